The lowest BCUT2D eigenvalue weighted by Crippen LogP contribution is -1.93. The van der Waals surface area contributed by atoms with Gasteiger partial charge in [-0.25, -0.2) is 4.98 Å². The predicted octanol–water partition coefficient (Wildman–Crippen LogP) is 3.77. The maximum atomic E-state index is 5.80. The van der Waals surface area contributed by atoms with E-state index in [0.29, 0.717) is 21.8 Å². The van der Waals surface area contributed by atoms with E-state index in [9.17, 15) is 0 Å². The molecule has 1 aromatic carbocycles. The fourth-order valence-electron chi connectivity index (χ4n) is 1.78. The average Bonchev–Trinajstić information content (AvgIpc) is 2.42. The fourth-order valence-corrected chi connectivity index (χ4v) is 2.23. The molecule has 2 aromatic heterocycles. The first-order valence-corrected chi connectivity index (χ1v) is 6.46. The van der Waals surface area contributed by atoms with Crippen molar-refractivity contribution in [2.24, 2.45) is 0 Å². The number of anilines is 1. The Kier molecular flexibility index (Phi) is 3.05. The van der Waals surface area contributed by atoms with Crippen molar-refractivity contribution in [3.63, 3.8) is 0 Å². The lowest BCUT2D eigenvalue weighted by atomic mass is 10.2. The molecule has 0 aliphatic rings. The first-order valence-electron chi connectivity index (χ1n) is 5.66. The lowest BCUT2D eigenvalue weighted by Gasteiger charge is -2.08. The smallest absolute Gasteiger partial charge is 0.233 e. The molecule has 0 saturated heterocycles. The molecule has 4 nitrogen and oxygen atoms in total. The highest BCUT2D eigenvalue weighted by Crippen LogP contribution is 2.32. The Hall–Kier alpha value is -2.14. The third-order valence-electron chi connectivity index (χ3n) is 2.63. The van der Waals surface area contributed by atoms with E-state index >= 15 is 0 Å². The Morgan fingerprint density at radius 2 is 1.95 bits per heavy atom. The summed E-state index contributed by atoms with van der Waals surface area (Å²) in [6.07, 6.45) is 3.29. The summed E-state index contributed by atoms with van der Waals surface area (Å²) in [6.45, 7) is 0. The standard InChI is InChI=1S/C14H10BrN3O/c15-11-7-10(16)8-18-14(11)19-12-5-1-3-9-4-2-6-17-13(9)12/h1-8H,16H2. The molecule has 0 spiro atoms. The van der Waals surface area contributed by atoms with Crippen LogP contribution >= 0.6 is 15.9 Å². The number of halogens is 1. The summed E-state index contributed by atoms with van der Waals surface area (Å²) in [5.74, 6) is 1.13. The molecule has 0 aliphatic carbocycles. The van der Waals surface area contributed by atoms with Crippen LogP contribution in [0, 0.1) is 0 Å². The maximum absolute atomic E-state index is 5.80. The number of fused-ring (bicyclic) bond motifs is 1. The molecule has 94 valence electrons. The monoisotopic (exact) mass is 315 g/mol. The molecule has 2 heterocycles. The molecule has 0 amide bonds. The Labute approximate surface area is 118 Å². The topological polar surface area (TPSA) is 61.0 Å². The number of nitrogen functional groups attached to an aromatic ring is 1. The van der Waals surface area contributed by atoms with E-state index in [0.717, 1.165) is 10.9 Å². The van der Waals surface area contributed by atoms with Crippen LogP contribution in [0.5, 0.6) is 11.6 Å². The van der Waals surface area contributed by atoms with E-state index in [1.165, 1.54) is 0 Å². The molecule has 0 atom stereocenters. The number of hydrogen-bond donors (Lipinski definition) is 1. The van der Waals surface area contributed by atoms with Gasteiger partial charge in [-0.1, -0.05) is 18.2 Å². The van der Waals surface area contributed by atoms with Crippen LogP contribution in [0.1, 0.15) is 0 Å². The highest BCUT2D eigenvalue weighted by molar-refractivity contribution is 9.10. The molecule has 19 heavy (non-hydrogen) atoms. The first kappa shape index (κ1) is 11.9. The van der Waals surface area contributed by atoms with Gasteiger partial charge in [0.1, 0.15) is 5.52 Å². The number of benzene rings is 1. The second-order valence-electron chi connectivity index (χ2n) is 3.99. The van der Waals surface area contributed by atoms with Crippen LogP contribution in [0.2, 0.25) is 0 Å². The minimum Gasteiger partial charge on any atom is -0.436 e. The van der Waals surface area contributed by atoms with Gasteiger partial charge in [-0.15, -0.1) is 0 Å². The Bertz CT molecular complexity index is 740. The normalized spacial score (nSPS) is 10.6. The Balaban J connectivity index is 2.06. The molecular formula is C14H10BrN3O. The summed E-state index contributed by atoms with van der Waals surface area (Å²) in [5, 5.41) is 1.02. The number of para-hydroxylation sites is 1. The SMILES string of the molecule is Nc1cnc(Oc2cccc3cccnc23)c(Br)c1. The van der Waals surface area contributed by atoms with E-state index in [1.54, 1.807) is 18.5 Å². The number of hydrogen-bond acceptors (Lipinski definition) is 4. The van der Waals surface area contributed by atoms with Crippen molar-refractivity contribution in [2.45, 2.75) is 0 Å². The van der Waals surface area contributed by atoms with Gasteiger partial charge in [0.2, 0.25) is 5.88 Å². The highest BCUT2D eigenvalue weighted by Gasteiger charge is 2.08. The van der Waals surface area contributed by atoms with Crippen LogP contribution in [-0.4, -0.2) is 9.97 Å². The zero-order chi connectivity index (χ0) is 13.2. The van der Waals surface area contributed by atoms with Crippen LogP contribution in [0.3, 0.4) is 0 Å². The number of aromatic nitrogens is 2. The van der Waals surface area contributed by atoms with Crippen LogP contribution in [0.4, 0.5) is 5.69 Å². The van der Waals surface area contributed by atoms with Crippen molar-refractivity contribution in [1.29, 1.82) is 0 Å². The van der Waals surface area contributed by atoms with Crippen LogP contribution in [-0.2, 0) is 0 Å². The minimum atomic E-state index is 0.465. The molecule has 0 unspecified atom stereocenters. The van der Waals surface area contributed by atoms with Crippen molar-refractivity contribution < 1.29 is 4.74 Å². The Morgan fingerprint density at radius 1 is 1.11 bits per heavy atom. The number of nitrogens with zero attached hydrogens (tertiary/aromatic N) is 2. The third-order valence-corrected chi connectivity index (χ3v) is 3.20. The van der Waals surface area contributed by atoms with Crippen molar-refractivity contribution in [3.8, 4) is 11.6 Å². The van der Waals surface area contributed by atoms with Crippen molar-refractivity contribution >= 4 is 32.5 Å². The van der Waals surface area contributed by atoms with Crippen molar-refractivity contribution in [3.05, 3.63) is 53.3 Å². The average molecular weight is 316 g/mol. The Morgan fingerprint density at radius 3 is 2.79 bits per heavy atom. The van der Waals surface area contributed by atoms with Crippen molar-refractivity contribution in [1.82, 2.24) is 9.97 Å². The number of pyridine rings is 2. The van der Waals surface area contributed by atoms with Gasteiger partial charge in [0, 0.05) is 11.6 Å². The second kappa shape index (κ2) is 4.85. The summed E-state index contributed by atoms with van der Waals surface area (Å²) in [5.41, 5.74) is 7.03. The summed E-state index contributed by atoms with van der Waals surface area (Å²) >= 11 is 3.38. The van der Waals surface area contributed by atoms with Crippen LogP contribution in [0.15, 0.2) is 53.3 Å². The van der Waals surface area contributed by atoms with Gasteiger partial charge in [-0.3, -0.25) is 4.98 Å². The van der Waals surface area contributed by atoms with E-state index in [1.807, 2.05) is 30.3 Å². The zero-order valence-electron chi connectivity index (χ0n) is 9.88. The summed E-state index contributed by atoms with van der Waals surface area (Å²) in [7, 11) is 0. The van der Waals surface area contributed by atoms with Crippen LogP contribution in [0.25, 0.3) is 10.9 Å². The van der Waals surface area contributed by atoms with E-state index in [2.05, 4.69) is 25.9 Å². The van der Waals surface area contributed by atoms with Crippen molar-refractivity contribution in [2.75, 3.05) is 5.73 Å². The molecule has 3 aromatic rings. The molecule has 0 fully saturated rings. The summed E-state index contributed by atoms with van der Waals surface area (Å²) in [6, 6.07) is 11.4. The second-order valence-corrected chi connectivity index (χ2v) is 4.84. The third kappa shape index (κ3) is 2.37. The molecule has 0 bridgehead atoms. The van der Waals surface area contributed by atoms with E-state index in [-0.39, 0.29) is 0 Å². The highest BCUT2D eigenvalue weighted by atomic mass is 79.9. The molecular weight excluding hydrogens is 306 g/mol. The maximum Gasteiger partial charge on any atom is 0.233 e. The van der Waals surface area contributed by atoms with Gasteiger partial charge >= 0.3 is 0 Å². The molecule has 0 radical (unpaired) electrons. The number of nitrogens with two attached hydrogens (primary N) is 1. The van der Waals surface area contributed by atoms with Gasteiger partial charge < -0.3 is 10.5 Å². The quantitative estimate of drug-likeness (QED) is 0.782. The summed E-state index contributed by atoms with van der Waals surface area (Å²) < 4.78 is 6.51. The van der Waals surface area contributed by atoms with E-state index < -0.39 is 0 Å². The van der Waals surface area contributed by atoms with Gasteiger partial charge in [0.05, 0.1) is 16.4 Å². The predicted molar refractivity (Wildman–Crippen MR) is 78.2 cm³/mol. The molecule has 5 heteroatoms. The fraction of sp³-hybridized carbons (Fsp3) is 0. The number of rotatable bonds is 2. The van der Waals surface area contributed by atoms with Gasteiger partial charge in [-0.2, -0.15) is 0 Å². The molecule has 0 aliphatic heterocycles. The molecule has 2 N–H and O–H groups in total. The first-order chi connectivity index (χ1) is 9.24. The summed E-state index contributed by atoms with van der Waals surface area (Å²) in [4.78, 5) is 8.49. The van der Waals surface area contributed by atoms with Gasteiger partial charge in [0.25, 0.3) is 0 Å². The molecule has 0 saturated carbocycles. The van der Waals surface area contributed by atoms with Crippen LogP contribution < -0.4 is 10.5 Å². The van der Waals surface area contributed by atoms with E-state index in [4.69, 9.17) is 10.5 Å². The van der Waals surface area contributed by atoms with Gasteiger partial charge in [-0.05, 0) is 34.1 Å². The van der Waals surface area contributed by atoms with Gasteiger partial charge in [0.15, 0.2) is 5.75 Å². The lowest BCUT2D eigenvalue weighted by molar-refractivity contribution is 0.464. The zero-order valence-corrected chi connectivity index (χ0v) is 11.5. The number of ether oxygens (including phenoxy) is 1. The minimum absolute atomic E-state index is 0.465. The molecule has 3 rings (SSSR count). The largest absolute Gasteiger partial charge is 0.436 e.